The number of halogens is 2. The SMILES string of the molecule is Clc1ccc(C2=NN(c3nc(-c4ccccc4)cs3)C(c3cccc4ccccc34)C2)cc1Cl. The second kappa shape index (κ2) is 8.88. The van der Waals surface area contributed by atoms with Gasteiger partial charge in [-0.25, -0.2) is 9.99 Å². The number of benzene rings is 4. The average molecular weight is 500 g/mol. The van der Waals surface area contributed by atoms with Crippen LogP contribution >= 0.6 is 34.5 Å². The number of hydrazone groups is 1. The predicted octanol–water partition coefficient (Wildman–Crippen LogP) is 8.63. The Labute approximate surface area is 211 Å². The lowest BCUT2D eigenvalue weighted by Gasteiger charge is -2.22. The van der Waals surface area contributed by atoms with E-state index in [4.69, 9.17) is 33.3 Å². The minimum Gasteiger partial charge on any atom is -0.231 e. The first-order chi connectivity index (χ1) is 16.7. The molecule has 0 saturated carbocycles. The Bertz CT molecular complexity index is 1520. The van der Waals surface area contributed by atoms with Crippen molar-refractivity contribution in [1.29, 1.82) is 0 Å². The van der Waals surface area contributed by atoms with Crippen LogP contribution in [0.4, 0.5) is 5.13 Å². The van der Waals surface area contributed by atoms with Gasteiger partial charge in [-0.1, -0.05) is 102 Å². The van der Waals surface area contributed by atoms with Crippen LogP contribution in [0.15, 0.2) is 101 Å². The molecule has 1 aliphatic heterocycles. The van der Waals surface area contributed by atoms with Gasteiger partial charge in [-0.15, -0.1) is 11.3 Å². The topological polar surface area (TPSA) is 28.5 Å². The minimum atomic E-state index is 0.0188. The molecular formula is C28H19Cl2N3S. The van der Waals surface area contributed by atoms with Crippen LogP contribution in [0.2, 0.25) is 10.0 Å². The van der Waals surface area contributed by atoms with Gasteiger partial charge in [0.2, 0.25) is 5.13 Å². The molecule has 1 aliphatic rings. The number of hydrogen-bond acceptors (Lipinski definition) is 4. The second-order valence-corrected chi connectivity index (χ2v) is 9.84. The van der Waals surface area contributed by atoms with Crippen LogP contribution < -0.4 is 5.01 Å². The lowest BCUT2D eigenvalue weighted by Crippen LogP contribution is -2.18. The summed E-state index contributed by atoms with van der Waals surface area (Å²) < 4.78 is 0. The van der Waals surface area contributed by atoms with E-state index in [-0.39, 0.29) is 6.04 Å². The molecule has 0 amide bonds. The quantitative estimate of drug-likeness (QED) is 0.247. The zero-order chi connectivity index (χ0) is 23.1. The van der Waals surface area contributed by atoms with Crippen LogP contribution in [0, 0.1) is 0 Å². The molecule has 5 aromatic rings. The maximum Gasteiger partial charge on any atom is 0.207 e. The summed E-state index contributed by atoms with van der Waals surface area (Å²) in [4.78, 5) is 4.97. The van der Waals surface area contributed by atoms with Gasteiger partial charge in [-0.3, -0.25) is 0 Å². The van der Waals surface area contributed by atoms with Crippen molar-refractivity contribution in [1.82, 2.24) is 4.98 Å². The van der Waals surface area contributed by atoms with Crippen molar-refractivity contribution in [3.05, 3.63) is 118 Å². The molecule has 166 valence electrons. The smallest absolute Gasteiger partial charge is 0.207 e. The van der Waals surface area contributed by atoms with Crippen LogP contribution in [-0.2, 0) is 0 Å². The highest BCUT2D eigenvalue weighted by atomic mass is 35.5. The zero-order valence-corrected chi connectivity index (χ0v) is 20.4. The maximum atomic E-state index is 6.34. The Balaban J connectivity index is 1.46. The summed E-state index contributed by atoms with van der Waals surface area (Å²) in [6.45, 7) is 0. The summed E-state index contributed by atoms with van der Waals surface area (Å²) in [5, 5.41) is 13.6. The first-order valence-electron chi connectivity index (χ1n) is 11.0. The molecule has 2 heterocycles. The molecule has 0 bridgehead atoms. The lowest BCUT2D eigenvalue weighted by molar-refractivity contribution is 0.712. The molecule has 1 atom stereocenters. The average Bonchev–Trinajstić information content (AvgIpc) is 3.54. The Kier molecular flexibility index (Phi) is 5.58. The van der Waals surface area contributed by atoms with Crippen LogP contribution in [0.1, 0.15) is 23.6 Å². The number of thiazole rings is 1. The predicted molar refractivity (Wildman–Crippen MR) is 144 cm³/mol. The highest BCUT2D eigenvalue weighted by molar-refractivity contribution is 7.14. The molecule has 0 spiro atoms. The molecule has 0 aliphatic carbocycles. The van der Waals surface area contributed by atoms with E-state index < -0.39 is 0 Å². The Hall–Kier alpha value is -3.18. The van der Waals surface area contributed by atoms with E-state index in [1.807, 2.05) is 36.4 Å². The largest absolute Gasteiger partial charge is 0.231 e. The first kappa shape index (κ1) is 21.4. The fourth-order valence-electron chi connectivity index (χ4n) is 4.43. The number of hydrogen-bond donors (Lipinski definition) is 0. The van der Waals surface area contributed by atoms with E-state index in [9.17, 15) is 0 Å². The Morgan fingerprint density at radius 2 is 1.59 bits per heavy atom. The van der Waals surface area contributed by atoms with Crippen LogP contribution in [-0.4, -0.2) is 10.7 Å². The second-order valence-electron chi connectivity index (χ2n) is 8.19. The maximum absolute atomic E-state index is 6.34. The van der Waals surface area contributed by atoms with E-state index >= 15 is 0 Å². The number of rotatable bonds is 4. The highest BCUT2D eigenvalue weighted by Gasteiger charge is 2.33. The van der Waals surface area contributed by atoms with Crippen molar-refractivity contribution in [3.63, 3.8) is 0 Å². The third-order valence-electron chi connectivity index (χ3n) is 6.10. The number of nitrogens with zero attached hydrogens (tertiary/aromatic N) is 3. The molecule has 1 unspecified atom stereocenters. The van der Waals surface area contributed by atoms with Crippen molar-refractivity contribution >= 4 is 56.2 Å². The normalized spacial score (nSPS) is 15.6. The van der Waals surface area contributed by atoms with E-state index in [2.05, 4.69) is 65.0 Å². The molecule has 6 rings (SSSR count). The van der Waals surface area contributed by atoms with Gasteiger partial charge in [0.15, 0.2) is 0 Å². The monoisotopic (exact) mass is 499 g/mol. The van der Waals surface area contributed by atoms with Crippen LogP contribution in [0.5, 0.6) is 0 Å². The van der Waals surface area contributed by atoms with Gasteiger partial charge in [0.1, 0.15) is 0 Å². The summed E-state index contributed by atoms with van der Waals surface area (Å²) in [7, 11) is 0. The molecule has 0 radical (unpaired) electrons. The van der Waals surface area contributed by atoms with Gasteiger partial charge < -0.3 is 0 Å². The van der Waals surface area contributed by atoms with Gasteiger partial charge >= 0.3 is 0 Å². The molecule has 6 heteroatoms. The van der Waals surface area contributed by atoms with E-state index in [0.717, 1.165) is 34.1 Å². The fourth-order valence-corrected chi connectivity index (χ4v) is 5.56. The zero-order valence-electron chi connectivity index (χ0n) is 18.0. The van der Waals surface area contributed by atoms with Gasteiger partial charge in [0, 0.05) is 17.4 Å². The summed E-state index contributed by atoms with van der Waals surface area (Å²) in [5.41, 5.74) is 5.22. The molecule has 34 heavy (non-hydrogen) atoms. The van der Waals surface area contributed by atoms with Gasteiger partial charge in [0.25, 0.3) is 0 Å². The van der Waals surface area contributed by atoms with Crippen molar-refractivity contribution in [3.8, 4) is 11.3 Å². The molecule has 0 fully saturated rings. The van der Waals surface area contributed by atoms with Gasteiger partial charge in [-0.2, -0.15) is 5.10 Å². The fraction of sp³-hybridized carbons (Fsp3) is 0.0714. The molecular weight excluding hydrogens is 481 g/mol. The molecule has 0 saturated heterocycles. The number of aromatic nitrogens is 1. The van der Waals surface area contributed by atoms with Crippen molar-refractivity contribution in [2.45, 2.75) is 12.5 Å². The third kappa shape index (κ3) is 3.88. The Morgan fingerprint density at radius 1 is 0.794 bits per heavy atom. The molecule has 3 nitrogen and oxygen atoms in total. The van der Waals surface area contributed by atoms with Gasteiger partial charge in [0.05, 0.1) is 27.5 Å². The van der Waals surface area contributed by atoms with E-state index in [0.29, 0.717) is 10.0 Å². The molecule has 1 aromatic heterocycles. The van der Waals surface area contributed by atoms with Crippen LogP contribution in [0.25, 0.3) is 22.0 Å². The van der Waals surface area contributed by atoms with Crippen molar-refractivity contribution < 1.29 is 0 Å². The summed E-state index contributed by atoms with van der Waals surface area (Å²) in [6, 6.07) is 30.9. The third-order valence-corrected chi connectivity index (χ3v) is 7.67. The lowest BCUT2D eigenvalue weighted by atomic mass is 9.94. The van der Waals surface area contributed by atoms with Crippen LogP contribution in [0.3, 0.4) is 0 Å². The molecule has 4 aromatic carbocycles. The van der Waals surface area contributed by atoms with E-state index in [1.165, 1.54) is 16.3 Å². The van der Waals surface area contributed by atoms with E-state index in [1.54, 1.807) is 11.3 Å². The summed E-state index contributed by atoms with van der Waals surface area (Å²) >= 11 is 14.1. The highest BCUT2D eigenvalue weighted by Crippen LogP contribution is 2.41. The summed E-state index contributed by atoms with van der Waals surface area (Å²) in [6.07, 6.45) is 0.742. The number of fused-ring (bicyclic) bond motifs is 1. The summed E-state index contributed by atoms with van der Waals surface area (Å²) in [5.74, 6) is 0. The minimum absolute atomic E-state index is 0.0188. The van der Waals surface area contributed by atoms with Crippen molar-refractivity contribution in [2.24, 2.45) is 5.10 Å². The van der Waals surface area contributed by atoms with Crippen molar-refractivity contribution in [2.75, 3.05) is 5.01 Å². The number of anilines is 1. The van der Waals surface area contributed by atoms with Gasteiger partial charge in [-0.05, 0) is 34.0 Å². The Morgan fingerprint density at radius 3 is 2.44 bits per heavy atom. The molecule has 0 N–H and O–H groups in total. The first-order valence-corrected chi connectivity index (χ1v) is 12.6. The standard InChI is InChI=1S/C28H19Cl2N3S/c29-23-14-13-20(15-24(23)30)25-16-27(22-12-6-10-18-7-4-5-11-21(18)22)33(32-25)28-31-26(17-34-28)19-8-2-1-3-9-19/h1-15,17,27H,16H2.